The van der Waals surface area contributed by atoms with Gasteiger partial charge < -0.3 is 4.90 Å². The summed E-state index contributed by atoms with van der Waals surface area (Å²) < 4.78 is 0. The molecule has 0 aromatic rings. The molecule has 0 heterocycles. The minimum absolute atomic E-state index is 0.943. The van der Waals surface area contributed by atoms with E-state index in [1.54, 1.807) is 0 Å². The summed E-state index contributed by atoms with van der Waals surface area (Å²) in [6.45, 7) is 5.11. The number of aliphatic imine (C=N–C) groups is 1. The van der Waals surface area contributed by atoms with Crippen LogP contribution in [0, 0.1) is 0 Å². The van der Waals surface area contributed by atoms with E-state index in [1.165, 1.54) is 12.8 Å². The number of allylic oxidation sites excluding steroid dienone is 1. The van der Waals surface area contributed by atoms with Gasteiger partial charge in [-0.1, -0.05) is 19.4 Å². The van der Waals surface area contributed by atoms with E-state index in [-0.39, 0.29) is 0 Å². The van der Waals surface area contributed by atoms with Gasteiger partial charge in [-0.2, -0.15) is 0 Å². The van der Waals surface area contributed by atoms with Gasteiger partial charge in [0.2, 0.25) is 0 Å². The molecule has 0 aromatic carbocycles. The predicted molar refractivity (Wildman–Crippen MR) is 50.8 cm³/mol. The lowest BCUT2D eigenvalue weighted by Gasteiger charge is -2.04. The topological polar surface area (TPSA) is 15.6 Å². The molecule has 0 aliphatic carbocycles. The average Bonchev–Trinajstić information content (AvgIpc) is 1.99. The molecule has 0 saturated heterocycles. The van der Waals surface area contributed by atoms with Gasteiger partial charge in [0.25, 0.3) is 0 Å². The lowest BCUT2D eigenvalue weighted by atomic mass is 10.3. The van der Waals surface area contributed by atoms with Crippen LogP contribution in [0.15, 0.2) is 17.3 Å². The Balaban J connectivity index is 3.40. The minimum Gasteiger partial charge on any atom is -0.343 e. The van der Waals surface area contributed by atoms with Crippen molar-refractivity contribution >= 4 is 6.34 Å². The predicted octanol–water partition coefficient (Wildman–Crippen LogP) is 2.28. The van der Waals surface area contributed by atoms with Crippen molar-refractivity contribution in [1.29, 1.82) is 0 Å². The molecular weight excluding hydrogens is 136 g/mol. The van der Waals surface area contributed by atoms with Crippen molar-refractivity contribution in [2.75, 3.05) is 13.6 Å². The van der Waals surface area contributed by atoms with Crippen molar-refractivity contribution in [3.8, 4) is 0 Å². The van der Waals surface area contributed by atoms with E-state index < -0.39 is 0 Å². The van der Waals surface area contributed by atoms with Crippen LogP contribution in [0.2, 0.25) is 0 Å². The van der Waals surface area contributed by atoms with E-state index in [9.17, 15) is 0 Å². The van der Waals surface area contributed by atoms with Crippen molar-refractivity contribution in [1.82, 2.24) is 4.90 Å². The molecule has 0 atom stereocenters. The van der Waals surface area contributed by atoms with E-state index in [4.69, 9.17) is 0 Å². The fourth-order valence-electron chi connectivity index (χ4n) is 0.710. The molecule has 2 nitrogen and oxygen atoms in total. The Bertz CT molecular complexity index is 128. The Morgan fingerprint density at radius 1 is 1.45 bits per heavy atom. The van der Waals surface area contributed by atoms with Crippen LogP contribution >= 0.6 is 0 Å². The van der Waals surface area contributed by atoms with Crippen LogP contribution < -0.4 is 0 Å². The molecule has 0 aliphatic rings. The number of rotatable bonds is 5. The highest BCUT2D eigenvalue weighted by atomic mass is 15.1. The third-order valence-electron chi connectivity index (χ3n) is 1.29. The van der Waals surface area contributed by atoms with Gasteiger partial charge in [-0.25, -0.2) is 0 Å². The van der Waals surface area contributed by atoms with Gasteiger partial charge in [0.05, 0.1) is 6.34 Å². The van der Waals surface area contributed by atoms with Crippen molar-refractivity contribution in [2.45, 2.75) is 26.7 Å². The van der Waals surface area contributed by atoms with E-state index in [2.05, 4.69) is 11.9 Å². The summed E-state index contributed by atoms with van der Waals surface area (Å²) in [4.78, 5) is 6.18. The van der Waals surface area contributed by atoms with Gasteiger partial charge in [-0.15, -0.1) is 0 Å². The molecule has 0 N–H and O–H groups in total. The van der Waals surface area contributed by atoms with Gasteiger partial charge >= 0.3 is 0 Å². The lowest BCUT2D eigenvalue weighted by molar-refractivity contribution is 0.697. The molecule has 0 spiro atoms. The second-order valence-electron chi connectivity index (χ2n) is 2.52. The first-order valence-corrected chi connectivity index (χ1v) is 4.16. The van der Waals surface area contributed by atoms with Crippen LogP contribution in [0.5, 0.6) is 0 Å². The number of nitrogens with zero attached hydrogens (tertiary/aromatic N) is 2. The third-order valence-corrected chi connectivity index (χ3v) is 1.29. The summed E-state index contributed by atoms with van der Waals surface area (Å²) in [5.41, 5.74) is 0. The maximum Gasteiger partial charge on any atom is 0.0886 e. The molecule has 64 valence electrons. The molecule has 0 rings (SSSR count). The van der Waals surface area contributed by atoms with Crippen molar-refractivity contribution in [3.63, 3.8) is 0 Å². The molecule has 0 bridgehead atoms. The summed E-state index contributed by atoms with van der Waals surface area (Å²) in [5.74, 6) is 0. The Hall–Kier alpha value is -0.790. The Kier molecular flexibility index (Phi) is 6.79. The Morgan fingerprint density at radius 2 is 2.18 bits per heavy atom. The highest BCUT2D eigenvalue weighted by Gasteiger charge is 1.81. The van der Waals surface area contributed by atoms with Crippen molar-refractivity contribution < 1.29 is 0 Å². The zero-order valence-corrected chi connectivity index (χ0v) is 7.75. The SMILES string of the molecule is C/C=C\N(C)/C=N/CCCC. The van der Waals surface area contributed by atoms with Crippen LogP contribution in [-0.2, 0) is 0 Å². The van der Waals surface area contributed by atoms with E-state index >= 15 is 0 Å². The van der Waals surface area contributed by atoms with E-state index in [1.807, 2.05) is 37.5 Å². The van der Waals surface area contributed by atoms with E-state index in [0.717, 1.165) is 6.54 Å². The molecule has 0 saturated carbocycles. The quantitative estimate of drug-likeness (QED) is 0.337. The standard InChI is InChI=1S/C9H18N2/c1-4-6-7-10-9-11(3)8-5-2/h5,8-9H,4,6-7H2,1-3H3/b8-5-,10-9+. The van der Waals surface area contributed by atoms with Gasteiger partial charge in [0.1, 0.15) is 0 Å². The molecular formula is C9H18N2. The number of unbranched alkanes of at least 4 members (excludes halogenated alkanes) is 1. The smallest absolute Gasteiger partial charge is 0.0886 e. The van der Waals surface area contributed by atoms with Crippen LogP contribution in [0.3, 0.4) is 0 Å². The monoisotopic (exact) mass is 154 g/mol. The Labute approximate surface area is 69.6 Å². The molecule has 2 heteroatoms. The summed E-state index contributed by atoms with van der Waals surface area (Å²) in [6, 6.07) is 0. The summed E-state index contributed by atoms with van der Waals surface area (Å²) in [6.07, 6.45) is 8.22. The zero-order chi connectivity index (χ0) is 8.53. The summed E-state index contributed by atoms with van der Waals surface area (Å²) in [7, 11) is 1.98. The minimum atomic E-state index is 0.943. The highest BCUT2D eigenvalue weighted by Crippen LogP contribution is 1.86. The number of hydrogen-bond acceptors (Lipinski definition) is 1. The summed E-state index contributed by atoms with van der Waals surface area (Å²) in [5, 5.41) is 0. The Morgan fingerprint density at radius 3 is 2.73 bits per heavy atom. The molecule has 11 heavy (non-hydrogen) atoms. The second-order valence-corrected chi connectivity index (χ2v) is 2.52. The first-order valence-electron chi connectivity index (χ1n) is 4.16. The van der Waals surface area contributed by atoms with Crippen molar-refractivity contribution in [2.24, 2.45) is 4.99 Å². The van der Waals surface area contributed by atoms with Gasteiger partial charge in [0, 0.05) is 19.8 Å². The van der Waals surface area contributed by atoms with Gasteiger partial charge in [-0.05, 0) is 13.3 Å². The molecule has 0 radical (unpaired) electrons. The van der Waals surface area contributed by atoms with Crippen molar-refractivity contribution in [3.05, 3.63) is 12.3 Å². The molecule has 0 aromatic heterocycles. The maximum absolute atomic E-state index is 4.23. The van der Waals surface area contributed by atoms with E-state index in [0.29, 0.717) is 0 Å². The first kappa shape index (κ1) is 10.2. The first-order chi connectivity index (χ1) is 5.31. The lowest BCUT2D eigenvalue weighted by Crippen LogP contribution is -2.06. The zero-order valence-electron chi connectivity index (χ0n) is 7.75. The van der Waals surface area contributed by atoms with Crippen LogP contribution in [0.4, 0.5) is 0 Å². The maximum atomic E-state index is 4.23. The van der Waals surface area contributed by atoms with Gasteiger partial charge in [-0.3, -0.25) is 4.99 Å². The normalized spacial score (nSPS) is 11.5. The number of hydrogen-bond donors (Lipinski definition) is 0. The highest BCUT2D eigenvalue weighted by molar-refractivity contribution is 5.55. The molecule has 0 fully saturated rings. The molecule has 0 unspecified atom stereocenters. The van der Waals surface area contributed by atoms with Crippen LogP contribution in [0.25, 0.3) is 0 Å². The fourth-order valence-corrected chi connectivity index (χ4v) is 0.710. The molecule has 0 amide bonds. The fraction of sp³-hybridized carbons (Fsp3) is 0.667. The van der Waals surface area contributed by atoms with Gasteiger partial charge in [0.15, 0.2) is 0 Å². The third kappa shape index (κ3) is 7.10. The van der Waals surface area contributed by atoms with Crippen LogP contribution in [-0.4, -0.2) is 24.8 Å². The summed E-state index contributed by atoms with van der Waals surface area (Å²) >= 11 is 0. The van der Waals surface area contributed by atoms with Crippen LogP contribution in [0.1, 0.15) is 26.7 Å². The second kappa shape index (κ2) is 7.32. The largest absolute Gasteiger partial charge is 0.343 e. The molecule has 0 aliphatic heterocycles. The average molecular weight is 154 g/mol.